The van der Waals surface area contributed by atoms with Gasteiger partial charge in [0.25, 0.3) is 0 Å². The molecule has 2 N–H and O–H groups in total. The van der Waals surface area contributed by atoms with E-state index in [-0.39, 0.29) is 29.6 Å². The minimum Gasteiger partial charge on any atom is -0.451 e. The van der Waals surface area contributed by atoms with Crippen molar-refractivity contribution in [3.05, 3.63) is 46.7 Å². The maximum absolute atomic E-state index is 12.8. The Morgan fingerprint density at radius 1 is 1.29 bits per heavy atom. The molecule has 11 heteroatoms. The van der Waals surface area contributed by atoms with Crippen molar-refractivity contribution in [3.63, 3.8) is 0 Å². The van der Waals surface area contributed by atoms with Crippen molar-refractivity contribution in [2.75, 3.05) is 11.5 Å². The van der Waals surface area contributed by atoms with Gasteiger partial charge in [0.05, 0.1) is 11.5 Å². The Morgan fingerprint density at radius 2 is 2.10 bits per heavy atom. The van der Waals surface area contributed by atoms with Gasteiger partial charge in [0.2, 0.25) is 5.91 Å². The number of nitrogens with zero attached hydrogens (tertiary/aromatic N) is 1. The van der Waals surface area contributed by atoms with E-state index >= 15 is 0 Å². The Bertz CT molecular complexity index is 1230. The molecular weight excluding hydrogens is 458 g/mol. The van der Waals surface area contributed by atoms with Gasteiger partial charge in [0, 0.05) is 34.2 Å². The number of amides is 2. The van der Waals surface area contributed by atoms with Crippen LogP contribution < -0.4 is 10.9 Å². The van der Waals surface area contributed by atoms with Gasteiger partial charge in [-0.05, 0) is 25.3 Å². The van der Waals surface area contributed by atoms with Crippen LogP contribution in [0, 0.1) is 12.8 Å². The lowest BCUT2D eigenvalue weighted by Gasteiger charge is -2.09. The first kappa shape index (κ1) is 21.8. The van der Waals surface area contributed by atoms with Gasteiger partial charge in [-0.1, -0.05) is 30.0 Å². The van der Waals surface area contributed by atoms with Crippen LogP contribution in [0.5, 0.6) is 0 Å². The molecule has 2 aromatic heterocycles. The summed E-state index contributed by atoms with van der Waals surface area (Å²) in [7, 11) is -3.05. The first-order valence-electron chi connectivity index (χ1n) is 9.65. The third-order valence-electron chi connectivity index (χ3n) is 4.96. The van der Waals surface area contributed by atoms with E-state index in [1.165, 1.54) is 11.8 Å². The second-order valence-electron chi connectivity index (χ2n) is 7.42. The monoisotopic (exact) mass is 479 g/mol. The summed E-state index contributed by atoms with van der Waals surface area (Å²) in [6, 6.07) is 7.37. The largest absolute Gasteiger partial charge is 0.451 e. The summed E-state index contributed by atoms with van der Waals surface area (Å²) in [5.74, 6) is -0.477. The van der Waals surface area contributed by atoms with Crippen molar-refractivity contribution >= 4 is 55.7 Å². The normalized spacial score (nSPS) is 17.6. The van der Waals surface area contributed by atoms with E-state index in [0.29, 0.717) is 17.8 Å². The highest BCUT2D eigenvalue weighted by Gasteiger charge is 2.29. The second-order valence-corrected chi connectivity index (χ2v) is 11.7. The summed E-state index contributed by atoms with van der Waals surface area (Å²) in [6.07, 6.45) is 0.511. The molecule has 31 heavy (non-hydrogen) atoms. The number of nitrogens with one attached hydrogen (secondary N) is 2. The number of benzene rings is 1. The van der Waals surface area contributed by atoms with Gasteiger partial charge in [0.1, 0.15) is 9.92 Å². The predicted octanol–water partition coefficient (Wildman–Crippen LogP) is 3.08. The lowest BCUT2D eigenvalue weighted by Crippen LogP contribution is -2.42. The first-order chi connectivity index (χ1) is 14.8. The van der Waals surface area contributed by atoms with Crippen LogP contribution in [-0.2, 0) is 20.4 Å². The molecule has 0 saturated carbocycles. The lowest BCUT2D eigenvalue weighted by atomic mass is 10.1. The minimum atomic E-state index is -3.05. The van der Waals surface area contributed by atoms with Gasteiger partial charge in [-0.15, -0.1) is 11.3 Å². The number of hydrogen-bond donors (Lipinski definition) is 2. The highest BCUT2D eigenvalue weighted by Crippen LogP contribution is 2.33. The summed E-state index contributed by atoms with van der Waals surface area (Å²) in [5, 5.41) is 2.80. The number of carbonyl (C=O) groups is 2. The fourth-order valence-electron chi connectivity index (χ4n) is 3.49. The zero-order valence-corrected chi connectivity index (χ0v) is 19.2. The van der Waals surface area contributed by atoms with Crippen LogP contribution in [0.2, 0.25) is 0 Å². The van der Waals surface area contributed by atoms with Crippen LogP contribution in [0.15, 0.2) is 38.4 Å². The quantitative estimate of drug-likeness (QED) is 0.412. The molecule has 164 valence electrons. The van der Waals surface area contributed by atoms with Crippen LogP contribution in [0.4, 0.5) is 0 Å². The average molecular weight is 480 g/mol. The van der Waals surface area contributed by atoms with E-state index in [2.05, 4.69) is 15.8 Å². The number of carbonyl (C=O) groups excluding carboxylic acids is 2. The topological polar surface area (TPSA) is 118 Å². The number of furan rings is 1. The number of sulfone groups is 1. The lowest BCUT2D eigenvalue weighted by molar-refractivity contribution is -0.122. The number of hydrazine groups is 1. The van der Waals surface area contributed by atoms with Gasteiger partial charge >= 0.3 is 5.91 Å². The number of thiazole rings is 1. The molecule has 1 saturated heterocycles. The maximum atomic E-state index is 12.8. The van der Waals surface area contributed by atoms with Crippen LogP contribution in [-0.4, -0.2) is 36.7 Å². The van der Waals surface area contributed by atoms with Crippen molar-refractivity contribution < 1.29 is 22.4 Å². The highest BCUT2D eigenvalue weighted by molar-refractivity contribution is 8.00. The molecule has 0 spiro atoms. The Balaban J connectivity index is 1.43. The number of rotatable bonds is 6. The van der Waals surface area contributed by atoms with E-state index in [1.54, 1.807) is 17.4 Å². The van der Waals surface area contributed by atoms with E-state index in [9.17, 15) is 18.0 Å². The van der Waals surface area contributed by atoms with E-state index in [4.69, 9.17) is 4.42 Å². The van der Waals surface area contributed by atoms with Crippen LogP contribution in [0.3, 0.4) is 0 Å². The van der Waals surface area contributed by atoms with E-state index < -0.39 is 21.7 Å². The van der Waals surface area contributed by atoms with Gasteiger partial charge in [-0.3, -0.25) is 20.4 Å². The molecule has 0 aliphatic carbocycles. The van der Waals surface area contributed by atoms with Crippen molar-refractivity contribution in [3.8, 4) is 0 Å². The summed E-state index contributed by atoms with van der Waals surface area (Å²) >= 11 is 3.05. The van der Waals surface area contributed by atoms with Gasteiger partial charge < -0.3 is 4.42 Å². The Morgan fingerprint density at radius 3 is 2.81 bits per heavy atom. The molecule has 1 atom stereocenters. The molecule has 0 unspecified atom stereocenters. The minimum absolute atomic E-state index is 0.00947. The van der Waals surface area contributed by atoms with Crippen molar-refractivity contribution in [1.29, 1.82) is 0 Å². The summed E-state index contributed by atoms with van der Waals surface area (Å²) < 4.78 is 29.8. The van der Waals surface area contributed by atoms with E-state index in [0.717, 1.165) is 21.0 Å². The number of hydrogen-bond acceptors (Lipinski definition) is 8. The van der Waals surface area contributed by atoms with Gasteiger partial charge in [0.15, 0.2) is 15.6 Å². The molecule has 1 aliphatic heterocycles. The molecule has 8 nitrogen and oxygen atoms in total. The molecule has 1 aromatic carbocycles. The third kappa shape index (κ3) is 5.28. The Kier molecular flexibility index (Phi) is 6.35. The summed E-state index contributed by atoms with van der Waals surface area (Å²) in [6.45, 7) is 1.93. The fraction of sp³-hybridized carbons (Fsp3) is 0.350. The smallest absolute Gasteiger partial charge is 0.305 e. The predicted molar refractivity (Wildman–Crippen MR) is 120 cm³/mol. The molecule has 4 rings (SSSR count). The SMILES string of the molecule is Cc1csc(SCc2c(C(=O)NNC(=O)C[C@@H]3CCS(=O)(=O)C3)oc3ccccc23)n1. The molecule has 2 amide bonds. The van der Waals surface area contributed by atoms with Gasteiger partial charge in [-0.2, -0.15) is 0 Å². The highest BCUT2D eigenvalue weighted by atomic mass is 32.2. The molecule has 0 radical (unpaired) electrons. The number of thioether (sulfide) groups is 1. The molecule has 3 heterocycles. The van der Waals surface area contributed by atoms with Crippen LogP contribution >= 0.6 is 23.1 Å². The van der Waals surface area contributed by atoms with Crippen molar-refractivity contribution in [1.82, 2.24) is 15.8 Å². The Labute approximate surface area is 187 Å². The third-order valence-corrected chi connectivity index (χ3v) is 8.96. The summed E-state index contributed by atoms with van der Waals surface area (Å²) in [5.41, 5.74) is 7.02. The fourth-order valence-corrected chi connectivity index (χ4v) is 7.23. The zero-order valence-electron chi connectivity index (χ0n) is 16.7. The number of aromatic nitrogens is 1. The second kappa shape index (κ2) is 9.01. The standard InChI is InChI=1S/C20H21N3O5S3/c1-12-9-29-20(21-12)30-10-15-14-4-2-3-5-16(14)28-18(15)19(25)23-22-17(24)8-13-6-7-31(26,27)11-13/h2-5,9,13H,6-8,10-11H2,1H3,(H,22,24)(H,23,25)/t13-/m0/s1. The Hall–Kier alpha value is -2.37. The van der Waals surface area contributed by atoms with Crippen LogP contribution in [0.1, 0.15) is 34.7 Å². The summed E-state index contributed by atoms with van der Waals surface area (Å²) in [4.78, 5) is 29.3. The van der Waals surface area contributed by atoms with E-state index in [1.807, 2.05) is 30.5 Å². The van der Waals surface area contributed by atoms with Crippen molar-refractivity contribution in [2.45, 2.75) is 29.9 Å². The number of aryl methyl sites for hydroxylation is 1. The number of para-hydroxylation sites is 1. The first-order valence-corrected chi connectivity index (χ1v) is 13.3. The van der Waals surface area contributed by atoms with Crippen LogP contribution in [0.25, 0.3) is 11.0 Å². The molecule has 3 aromatic rings. The molecule has 0 bridgehead atoms. The number of fused-ring (bicyclic) bond motifs is 1. The molecule has 1 fully saturated rings. The average Bonchev–Trinajstić information content (AvgIpc) is 3.41. The zero-order chi connectivity index (χ0) is 22.0. The molecular formula is C20H21N3O5S3. The van der Waals surface area contributed by atoms with Crippen molar-refractivity contribution in [2.24, 2.45) is 5.92 Å². The molecule has 1 aliphatic rings. The van der Waals surface area contributed by atoms with Gasteiger partial charge in [-0.25, -0.2) is 13.4 Å². The maximum Gasteiger partial charge on any atom is 0.305 e.